The number of hydrogen-bond donors (Lipinski definition) is 3. The van der Waals surface area contributed by atoms with Crippen LogP contribution in [0.2, 0.25) is 0 Å². The Labute approximate surface area is 170 Å². The SMILES string of the molecule is C[C@H](CCC(=O)O)C1CC[C@H]2[C@@H]3[C@H](O)CC4C[C@H](O)CCC4(C)[C@H]3CCC12C. The Kier molecular flexibility index (Phi) is 5.36. The van der Waals surface area contributed by atoms with Crippen molar-refractivity contribution in [1.82, 2.24) is 0 Å². The van der Waals surface area contributed by atoms with Crippen LogP contribution in [0.4, 0.5) is 0 Å². The summed E-state index contributed by atoms with van der Waals surface area (Å²) in [6.07, 6.45) is 9.19. The number of aliphatic hydroxyl groups is 2. The minimum absolute atomic E-state index is 0.179. The van der Waals surface area contributed by atoms with E-state index in [1.807, 2.05) is 0 Å². The molecule has 0 heterocycles. The topological polar surface area (TPSA) is 77.8 Å². The smallest absolute Gasteiger partial charge is 0.303 e. The largest absolute Gasteiger partial charge is 0.481 e. The molecule has 4 aliphatic rings. The molecule has 4 rings (SSSR count). The summed E-state index contributed by atoms with van der Waals surface area (Å²) in [6, 6.07) is 0. The maximum Gasteiger partial charge on any atom is 0.303 e. The number of aliphatic carboxylic acids is 1. The second-order valence-corrected chi connectivity index (χ2v) is 11.4. The Balaban J connectivity index is 1.55. The van der Waals surface area contributed by atoms with Crippen molar-refractivity contribution < 1.29 is 20.1 Å². The van der Waals surface area contributed by atoms with Gasteiger partial charge in [-0.05, 0) is 104 Å². The van der Waals surface area contributed by atoms with Gasteiger partial charge in [-0.2, -0.15) is 0 Å². The lowest BCUT2D eigenvalue weighted by molar-refractivity contribution is -0.174. The van der Waals surface area contributed by atoms with E-state index in [2.05, 4.69) is 20.8 Å². The Morgan fingerprint density at radius 1 is 1.00 bits per heavy atom. The van der Waals surface area contributed by atoms with E-state index in [9.17, 15) is 15.0 Å². The summed E-state index contributed by atoms with van der Waals surface area (Å²) in [5, 5.41) is 30.5. The first-order valence-electron chi connectivity index (χ1n) is 11.7. The van der Waals surface area contributed by atoms with Gasteiger partial charge in [0.05, 0.1) is 12.2 Å². The average Bonchev–Trinajstić information content (AvgIpc) is 2.98. The monoisotopic (exact) mass is 392 g/mol. The molecule has 0 amide bonds. The van der Waals surface area contributed by atoms with Crippen LogP contribution in [-0.4, -0.2) is 33.5 Å². The van der Waals surface area contributed by atoms with Crippen molar-refractivity contribution in [1.29, 1.82) is 0 Å². The van der Waals surface area contributed by atoms with E-state index in [4.69, 9.17) is 5.11 Å². The Hall–Kier alpha value is -0.610. The molecule has 4 aliphatic carbocycles. The first kappa shape index (κ1) is 20.7. The lowest BCUT2D eigenvalue weighted by Crippen LogP contribution is -2.58. The van der Waals surface area contributed by atoms with E-state index < -0.39 is 5.97 Å². The number of carboxylic acids is 1. The van der Waals surface area contributed by atoms with Crippen molar-refractivity contribution in [2.24, 2.45) is 46.3 Å². The summed E-state index contributed by atoms with van der Waals surface area (Å²) in [7, 11) is 0. The summed E-state index contributed by atoms with van der Waals surface area (Å²) in [5.74, 6) is 2.36. The molecule has 0 radical (unpaired) electrons. The summed E-state index contributed by atoms with van der Waals surface area (Å²) in [5.41, 5.74) is 0.523. The van der Waals surface area contributed by atoms with Crippen molar-refractivity contribution in [3.05, 3.63) is 0 Å². The highest BCUT2D eigenvalue weighted by molar-refractivity contribution is 5.66. The van der Waals surface area contributed by atoms with Crippen molar-refractivity contribution >= 4 is 5.97 Å². The fraction of sp³-hybridized carbons (Fsp3) is 0.958. The summed E-state index contributed by atoms with van der Waals surface area (Å²) >= 11 is 0. The Morgan fingerprint density at radius 3 is 2.39 bits per heavy atom. The van der Waals surface area contributed by atoms with Gasteiger partial charge in [-0.25, -0.2) is 0 Å². The van der Waals surface area contributed by atoms with Gasteiger partial charge < -0.3 is 15.3 Å². The van der Waals surface area contributed by atoms with Crippen molar-refractivity contribution in [2.75, 3.05) is 0 Å². The molecule has 160 valence electrons. The van der Waals surface area contributed by atoms with E-state index in [1.165, 1.54) is 25.7 Å². The van der Waals surface area contributed by atoms with Gasteiger partial charge >= 0.3 is 5.97 Å². The zero-order chi connectivity index (χ0) is 20.3. The number of carboxylic acid groups (broad SMARTS) is 1. The van der Waals surface area contributed by atoms with Crippen molar-refractivity contribution in [3.8, 4) is 0 Å². The molecule has 0 aromatic rings. The van der Waals surface area contributed by atoms with E-state index in [0.717, 1.165) is 32.1 Å². The summed E-state index contributed by atoms with van der Waals surface area (Å²) in [6.45, 7) is 7.16. The van der Waals surface area contributed by atoms with Gasteiger partial charge in [0.15, 0.2) is 0 Å². The van der Waals surface area contributed by atoms with Crippen LogP contribution < -0.4 is 0 Å². The molecule has 0 saturated heterocycles. The number of carbonyl (C=O) groups is 1. The number of hydrogen-bond acceptors (Lipinski definition) is 3. The van der Waals surface area contributed by atoms with Crippen molar-refractivity contribution in [3.63, 3.8) is 0 Å². The van der Waals surface area contributed by atoms with Crippen LogP contribution in [-0.2, 0) is 4.79 Å². The molecular weight excluding hydrogens is 352 g/mol. The maximum absolute atomic E-state index is 11.2. The van der Waals surface area contributed by atoms with Gasteiger partial charge in [0.25, 0.3) is 0 Å². The molecule has 4 fully saturated rings. The number of fused-ring (bicyclic) bond motifs is 5. The zero-order valence-electron chi connectivity index (χ0n) is 17.9. The van der Waals surface area contributed by atoms with Crippen LogP contribution in [0, 0.1) is 46.3 Å². The Bertz CT molecular complexity index is 605. The number of rotatable bonds is 4. The van der Waals surface area contributed by atoms with Gasteiger partial charge in [0, 0.05) is 6.42 Å². The fourth-order valence-electron chi connectivity index (χ4n) is 8.73. The molecule has 0 bridgehead atoms. The highest BCUT2D eigenvalue weighted by Crippen LogP contribution is 2.68. The van der Waals surface area contributed by atoms with Crippen LogP contribution in [0.25, 0.3) is 0 Å². The predicted molar refractivity (Wildman–Crippen MR) is 109 cm³/mol. The maximum atomic E-state index is 11.2. The summed E-state index contributed by atoms with van der Waals surface area (Å²) in [4.78, 5) is 11.1. The quantitative estimate of drug-likeness (QED) is 0.659. The van der Waals surface area contributed by atoms with Crippen LogP contribution in [0.15, 0.2) is 0 Å². The second-order valence-electron chi connectivity index (χ2n) is 11.4. The molecule has 4 nitrogen and oxygen atoms in total. The molecule has 4 saturated carbocycles. The third-order valence-corrected chi connectivity index (χ3v) is 10.2. The van der Waals surface area contributed by atoms with Crippen LogP contribution in [0.1, 0.15) is 85.0 Å². The molecule has 0 aliphatic heterocycles. The molecule has 0 aromatic heterocycles. The lowest BCUT2D eigenvalue weighted by atomic mass is 9.43. The van der Waals surface area contributed by atoms with E-state index in [-0.39, 0.29) is 29.5 Å². The van der Waals surface area contributed by atoms with Gasteiger partial charge in [0.1, 0.15) is 0 Å². The van der Waals surface area contributed by atoms with Crippen LogP contribution in [0.5, 0.6) is 0 Å². The molecule has 0 spiro atoms. The molecule has 4 heteroatoms. The van der Waals surface area contributed by atoms with Crippen LogP contribution in [0.3, 0.4) is 0 Å². The highest BCUT2D eigenvalue weighted by Gasteiger charge is 2.62. The third-order valence-electron chi connectivity index (χ3n) is 10.2. The molecule has 28 heavy (non-hydrogen) atoms. The zero-order valence-corrected chi connectivity index (χ0v) is 17.9. The van der Waals surface area contributed by atoms with Gasteiger partial charge in [-0.3, -0.25) is 4.79 Å². The third kappa shape index (κ3) is 3.14. The average molecular weight is 393 g/mol. The summed E-state index contributed by atoms with van der Waals surface area (Å²) < 4.78 is 0. The molecule has 0 aromatic carbocycles. The van der Waals surface area contributed by atoms with E-state index in [1.54, 1.807) is 0 Å². The van der Waals surface area contributed by atoms with Gasteiger partial charge in [-0.1, -0.05) is 20.8 Å². The van der Waals surface area contributed by atoms with E-state index >= 15 is 0 Å². The molecule has 3 N–H and O–H groups in total. The molecule has 10 atom stereocenters. The second kappa shape index (κ2) is 7.27. The van der Waals surface area contributed by atoms with Crippen LogP contribution >= 0.6 is 0 Å². The number of aliphatic hydroxyl groups excluding tert-OH is 2. The molecular formula is C24H40O4. The first-order valence-corrected chi connectivity index (χ1v) is 11.7. The molecule has 4 unspecified atom stereocenters. The first-order chi connectivity index (χ1) is 13.2. The standard InChI is InChI=1S/C24H40O4/c1-14(4-7-21(27)28)17-5-6-18-22-19(9-11-24(17,18)3)23(2)10-8-16(25)12-15(23)13-20(22)26/h14-20,22,25-26H,4-13H2,1-3H3,(H,27,28)/t14-,15?,16-,17?,18+,19+,20-,22+,23?,24?/m1/s1. The fourth-order valence-corrected chi connectivity index (χ4v) is 8.73. The lowest BCUT2D eigenvalue weighted by Gasteiger charge is -2.62. The predicted octanol–water partition coefficient (Wildman–Crippen LogP) is 4.48. The minimum Gasteiger partial charge on any atom is -0.481 e. The normalized spacial score (nSPS) is 51.7. The highest BCUT2D eigenvalue weighted by atomic mass is 16.4. The van der Waals surface area contributed by atoms with Gasteiger partial charge in [-0.15, -0.1) is 0 Å². The van der Waals surface area contributed by atoms with Crippen molar-refractivity contribution in [2.45, 2.75) is 97.2 Å². The minimum atomic E-state index is -0.684. The van der Waals surface area contributed by atoms with Gasteiger partial charge in [0.2, 0.25) is 0 Å². The Morgan fingerprint density at radius 2 is 1.68 bits per heavy atom. The van der Waals surface area contributed by atoms with E-state index in [0.29, 0.717) is 35.5 Å².